The van der Waals surface area contributed by atoms with Gasteiger partial charge in [-0.2, -0.15) is 13.2 Å². The largest absolute Gasteiger partial charge is 0.481 e. The Bertz CT molecular complexity index is 217. The summed E-state index contributed by atoms with van der Waals surface area (Å²) in [4.78, 5) is 10.3. The third-order valence-electron chi connectivity index (χ3n) is 2.38. The molecule has 0 aromatic rings. The SMILES string of the molecule is O=C(O)C[C@@H]1C[C@@H](C(F)(F)F)CCN1. The van der Waals surface area contributed by atoms with Gasteiger partial charge < -0.3 is 10.4 Å². The average Bonchev–Trinajstić information content (AvgIpc) is 2.01. The predicted octanol–water partition coefficient (Wildman–Crippen LogP) is 1.39. The Labute approximate surface area is 79.3 Å². The summed E-state index contributed by atoms with van der Waals surface area (Å²) in [6.45, 7) is 0.238. The van der Waals surface area contributed by atoms with Crippen LogP contribution in [0.15, 0.2) is 0 Å². The number of alkyl halides is 3. The third-order valence-corrected chi connectivity index (χ3v) is 2.38. The first-order valence-corrected chi connectivity index (χ1v) is 4.41. The molecule has 0 aromatic carbocycles. The minimum absolute atomic E-state index is 0.0413. The highest BCUT2D eigenvalue weighted by Crippen LogP contribution is 2.34. The Hall–Kier alpha value is -0.780. The molecule has 0 saturated carbocycles. The smallest absolute Gasteiger partial charge is 0.391 e. The fourth-order valence-electron chi connectivity index (χ4n) is 1.67. The minimum atomic E-state index is -4.20. The van der Waals surface area contributed by atoms with Gasteiger partial charge in [0.25, 0.3) is 0 Å². The summed E-state index contributed by atoms with van der Waals surface area (Å²) >= 11 is 0. The van der Waals surface area contributed by atoms with E-state index in [0.29, 0.717) is 0 Å². The number of carbonyl (C=O) groups is 1. The molecule has 1 aliphatic heterocycles. The highest BCUT2D eigenvalue weighted by molar-refractivity contribution is 5.67. The summed E-state index contributed by atoms with van der Waals surface area (Å²) < 4.78 is 36.8. The van der Waals surface area contributed by atoms with Crippen LogP contribution in [0.3, 0.4) is 0 Å². The number of hydrogen-bond acceptors (Lipinski definition) is 2. The first-order valence-electron chi connectivity index (χ1n) is 4.41. The molecule has 6 heteroatoms. The van der Waals surface area contributed by atoms with E-state index in [1.807, 2.05) is 0 Å². The minimum Gasteiger partial charge on any atom is -0.481 e. The van der Waals surface area contributed by atoms with Crippen molar-refractivity contribution in [1.82, 2.24) is 5.32 Å². The molecule has 0 amide bonds. The molecular formula is C8H12F3NO2. The molecule has 0 radical (unpaired) electrons. The van der Waals surface area contributed by atoms with Gasteiger partial charge in [0.1, 0.15) is 0 Å². The van der Waals surface area contributed by atoms with Gasteiger partial charge in [-0.1, -0.05) is 0 Å². The second-order valence-electron chi connectivity index (χ2n) is 3.51. The number of hydrogen-bond donors (Lipinski definition) is 2. The van der Waals surface area contributed by atoms with Crippen molar-refractivity contribution in [3.8, 4) is 0 Å². The van der Waals surface area contributed by atoms with Gasteiger partial charge in [0.15, 0.2) is 0 Å². The molecule has 0 aromatic heterocycles. The fourth-order valence-corrected chi connectivity index (χ4v) is 1.67. The molecule has 14 heavy (non-hydrogen) atoms. The number of halogens is 3. The lowest BCUT2D eigenvalue weighted by Gasteiger charge is -2.30. The number of aliphatic carboxylic acids is 1. The maximum Gasteiger partial charge on any atom is 0.391 e. The van der Waals surface area contributed by atoms with Crippen LogP contribution in [0.2, 0.25) is 0 Å². The van der Waals surface area contributed by atoms with Crippen LogP contribution in [0.5, 0.6) is 0 Å². The van der Waals surface area contributed by atoms with Gasteiger partial charge in [0, 0.05) is 6.04 Å². The van der Waals surface area contributed by atoms with Crippen LogP contribution < -0.4 is 5.32 Å². The lowest BCUT2D eigenvalue weighted by Crippen LogP contribution is -2.43. The van der Waals surface area contributed by atoms with Crippen molar-refractivity contribution >= 4 is 5.97 Å². The standard InChI is InChI=1S/C8H12F3NO2/c9-8(10,11)5-1-2-12-6(3-5)4-7(13)14/h5-6,12H,1-4H2,(H,13,14)/t5-,6-/m0/s1. The topological polar surface area (TPSA) is 49.3 Å². The highest BCUT2D eigenvalue weighted by Gasteiger charge is 2.42. The highest BCUT2D eigenvalue weighted by atomic mass is 19.4. The summed E-state index contributed by atoms with van der Waals surface area (Å²) in [6.07, 6.45) is -4.53. The van der Waals surface area contributed by atoms with Gasteiger partial charge in [-0.05, 0) is 19.4 Å². The summed E-state index contributed by atoms with van der Waals surface area (Å²) in [5.41, 5.74) is 0. The summed E-state index contributed by atoms with van der Waals surface area (Å²) in [6, 6.07) is -0.548. The zero-order chi connectivity index (χ0) is 10.8. The molecule has 1 heterocycles. The van der Waals surface area contributed by atoms with E-state index in [1.54, 1.807) is 0 Å². The van der Waals surface area contributed by atoms with E-state index >= 15 is 0 Å². The Kier molecular flexibility index (Phi) is 3.36. The fraction of sp³-hybridized carbons (Fsp3) is 0.875. The summed E-state index contributed by atoms with van der Waals surface area (Å²) in [5, 5.41) is 11.2. The lowest BCUT2D eigenvalue weighted by atomic mass is 9.90. The van der Waals surface area contributed by atoms with Crippen LogP contribution in [-0.2, 0) is 4.79 Å². The van der Waals surface area contributed by atoms with Crippen LogP contribution in [0, 0.1) is 5.92 Å². The molecule has 1 aliphatic rings. The van der Waals surface area contributed by atoms with Gasteiger partial charge >= 0.3 is 12.1 Å². The molecule has 0 aliphatic carbocycles. The molecular weight excluding hydrogens is 199 g/mol. The molecule has 2 N–H and O–H groups in total. The first-order chi connectivity index (χ1) is 6.39. The molecule has 82 valence electrons. The van der Waals surface area contributed by atoms with Gasteiger partial charge in [0.05, 0.1) is 12.3 Å². The number of carboxylic acids is 1. The Morgan fingerprint density at radius 2 is 2.14 bits per heavy atom. The normalized spacial score (nSPS) is 28.8. The zero-order valence-electron chi connectivity index (χ0n) is 7.47. The quantitative estimate of drug-likeness (QED) is 0.725. The van der Waals surface area contributed by atoms with Crippen molar-refractivity contribution < 1.29 is 23.1 Å². The molecule has 1 saturated heterocycles. The van der Waals surface area contributed by atoms with E-state index in [-0.39, 0.29) is 25.8 Å². The number of rotatable bonds is 2. The predicted molar refractivity (Wildman–Crippen MR) is 42.8 cm³/mol. The van der Waals surface area contributed by atoms with E-state index < -0.39 is 24.1 Å². The van der Waals surface area contributed by atoms with Gasteiger partial charge in [-0.15, -0.1) is 0 Å². The third kappa shape index (κ3) is 3.17. The second kappa shape index (κ2) is 4.16. The monoisotopic (exact) mass is 211 g/mol. The molecule has 3 nitrogen and oxygen atoms in total. The summed E-state index contributed by atoms with van der Waals surface area (Å²) in [7, 11) is 0. The second-order valence-corrected chi connectivity index (χ2v) is 3.51. The maximum absolute atomic E-state index is 12.3. The van der Waals surface area contributed by atoms with Crippen LogP contribution in [0.1, 0.15) is 19.3 Å². The van der Waals surface area contributed by atoms with E-state index in [0.717, 1.165) is 0 Å². The van der Waals surface area contributed by atoms with Gasteiger partial charge in [-0.3, -0.25) is 4.79 Å². The zero-order valence-corrected chi connectivity index (χ0v) is 7.47. The van der Waals surface area contributed by atoms with E-state index in [2.05, 4.69) is 5.32 Å². The Morgan fingerprint density at radius 3 is 2.64 bits per heavy atom. The van der Waals surface area contributed by atoms with Crippen molar-refractivity contribution in [2.45, 2.75) is 31.5 Å². The van der Waals surface area contributed by atoms with Gasteiger partial charge in [-0.25, -0.2) is 0 Å². The van der Waals surface area contributed by atoms with Crippen LogP contribution in [0.25, 0.3) is 0 Å². The van der Waals surface area contributed by atoms with Crippen molar-refractivity contribution in [2.75, 3.05) is 6.54 Å². The Morgan fingerprint density at radius 1 is 1.50 bits per heavy atom. The average molecular weight is 211 g/mol. The molecule has 2 atom stereocenters. The lowest BCUT2D eigenvalue weighted by molar-refractivity contribution is -0.183. The molecule has 0 unspecified atom stereocenters. The summed E-state index contributed by atoms with van der Waals surface area (Å²) in [5.74, 6) is -2.42. The number of nitrogens with one attached hydrogen (secondary N) is 1. The molecule has 1 rings (SSSR count). The van der Waals surface area contributed by atoms with Crippen molar-refractivity contribution in [2.24, 2.45) is 5.92 Å². The van der Waals surface area contributed by atoms with Crippen molar-refractivity contribution in [3.63, 3.8) is 0 Å². The molecule has 0 bridgehead atoms. The van der Waals surface area contributed by atoms with Gasteiger partial charge in [0.2, 0.25) is 0 Å². The maximum atomic E-state index is 12.3. The van der Waals surface area contributed by atoms with Crippen LogP contribution in [-0.4, -0.2) is 29.8 Å². The number of piperidine rings is 1. The van der Waals surface area contributed by atoms with Crippen molar-refractivity contribution in [1.29, 1.82) is 0 Å². The van der Waals surface area contributed by atoms with E-state index in [4.69, 9.17) is 5.11 Å². The first kappa shape index (κ1) is 11.3. The number of carboxylic acid groups (broad SMARTS) is 1. The van der Waals surface area contributed by atoms with E-state index in [9.17, 15) is 18.0 Å². The van der Waals surface area contributed by atoms with Crippen LogP contribution >= 0.6 is 0 Å². The molecule has 0 spiro atoms. The molecule has 1 fully saturated rings. The Balaban J connectivity index is 2.48. The van der Waals surface area contributed by atoms with Crippen molar-refractivity contribution in [3.05, 3.63) is 0 Å². The van der Waals surface area contributed by atoms with Crippen LogP contribution in [0.4, 0.5) is 13.2 Å². The van der Waals surface area contributed by atoms with E-state index in [1.165, 1.54) is 0 Å².